The minimum atomic E-state index is -0.136. The molecular formula is C30H39ClN4O. The Morgan fingerprint density at radius 3 is 2.53 bits per heavy atom. The summed E-state index contributed by atoms with van der Waals surface area (Å²) in [6.45, 7) is 6.28. The molecular weight excluding hydrogens is 468 g/mol. The zero-order valence-electron chi connectivity index (χ0n) is 21.6. The van der Waals surface area contributed by atoms with Crippen LogP contribution in [0, 0.1) is 11.8 Å². The summed E-state index contributed by atoms with van der Waals surface area (Å²) in [6, 6.07) is 18.1. The van der Waals surface area contributed by atoms with Crippen LogP contribution in [0.15, 0.2) is 60.8 Å². The van der Waals surface area contributed by atoms with E-state index in [1.807, 2.05) is 30.3 Å². The van der Waals surface area contributed by atoms with Gasteiger partial charge in [-0.25, -0.2) is 4.98 Å². The van der Waals surface area contributed by atoms with E-state index in [2.05, 4.69) is 53.8 Å². The number of aromatic nitrogens is 2. The van der Waals surface area contributed by atoms with Crippen LogP contribution in [0.1, 0.15) is 69.8 Å². The molecule has 1 fully saturated rings. The Morgan fingerprint density at radius 1 is 1.11 bits per heavy atom. The standard InChI is InChI=1S/C30H39ClN4O/c1-22(2)28(35(18-10-17-32)30(36)24-13-7-4-8-14-24)29-33-27(25-15-9-16-26(31)19-25)21-34(29)20-23-11-5-3-6-12-23/h3,5-6,9,11-12,15-16,19,21-22,24,28H,4,7-8,10,13-14,17-18,20,32H2,1-2H3/t28-/m1/s1. The van der Waals surface area contributed by atoms with Crippen molar-refractivity contribution in [2.75, 3.05) is 13.1 Å². The normalized spacial score (nSPS) is 15.2. The average molecular weight is 507 g/mol. The Bertz CT molecular complexity index is 1120. The highest BCUT2D eigenvalue weighted by atomic mass is 35.5. The summed E-state index contributed by atoms with van der Waals surface area (Å²) in [5, 5.41) is 0.684. The van der Waals surface area contributed by atoms with Crippen molar-refractivity contribution in [1.82, 2.24) is 14.5 Å². The SMILES string of the molecule is CC(C)[C@H](c1nc(-c2cccc(Cl)c2)cn1Cc1ccccc1)N(CCCN)C(=O)C1CCCCC1. The quantitative estimate of drug-likeness (QED) is 0.332. The van der Waals surface area contributed by atoms with Gasteiger partial charge in [0.25, 0.3) is 0 Å². The molecule has 36 heavy (non-hydrogen) atoms. The number of carbonyl (C=O) groups excluding carboxylic acids is 1. The number of hydrogen-bond acceptors (Lipinski definition) is 3. The third-order valence-electron chi connectivity index (χ3n) is 7.20. The topological polar surface area (TPSA) is 64.2 Å². The molecule has 1 saturated carbocycles. The largest absolute Gasteiger partial charge is 0.332 e. The number of hydrogen-bond donors (Lipinski definition) is 1. The third-order valence-corrected chi connectivity index (χ3v) is 7.43. The lowest BCUT2D eigenvalue weighted by atomic mass is 9.87. The van der Waals surface area contributed by atoms with Gasteiger partial charge >= 0.3 is 0 Å². The van der Waals surface area contributed by atoms with Crippen LogP contribution in [-0.4, -0.2) is 33.4 Å². The van der Waals surface area contributed by atoms with Crippen molar-refractivity contribution in [3.05, 3.63) is 77.2 Å². The first-order valence-corrected chi connectivity index (χ1v) is 13.7. The van der Waals surface area contributed by atoms with Gasteiger partial charge in [-0.05, 0) is 49.4 Å². The summed E-state index contributed by atoms with van der Waals surface area (Å²) >= 11 is 6.32. The molecule has 0 bridgehead atoms. The van der Waals surface area contributed by atoms with Crippen LogP contribution in [0.4, 0.5) is 0 Å². The number of imidazole rings is 1. The first-order valence-electron chi connectivity index (χ1n) is 13.4. The molecule has 5 nitrogen and oxygen atoms in total. The second-order valence-corrected chi connectivity index (χ2v) is 10.7. The molecule has 3 aromatic rings. The maximum Gasteiger partial charge on any atom is 0.226 e. The van der Waals surface area contributed by atoms with Gasteiger partial charge in [-0.1, -0.05) is 87.2 Å². The smallest absolute Gasteiger partial charge is 0.226 e. The van der Waals surface area contributed by atoms with Gasteiger partial charge in [-0.2, -0.15) is 0 Å². The maximum atomic E-state index is 13.9. The van der Waals surface area contributed by atoms with Gasteiger partial charge in [-0.3, -0.25) is 4.79 Å². The van der Waals surface area contributed by atoms with Gasteiger partial charge in [0.05, 0.1) is 11.7 Å². The van der Waals surface area contributed by atoms with Gasteiger partial charge < -0.3 is 15.2 Å². The fourth-order valence-electron chi connectivity index (χ4n) is 5.39. The van der Waals surface area contributed by atoms with E-state index in [0.717, 1.165) is 49.2 Å². The highest BCUT2D eigenvalue weighted by Crippen LogP contribution is 2.35. The van der Waals surface area contributed by atoms with Gasteiger partial charge in [0.2, 0.25) is 5.91 Å². The van der Waals surface area contributed by atoms with E-state index < -0.39 is 0 Å². The molecule has 6 heteroatoms. The molecule has 0 aliphatic heterocycles. The zero-order valence-corrected chi connectivity index (χ0v) is 22.3. The van der Waals surface area contributed by atoms with E-state index in [0.29, 0.717) is 24.7 Å². The van der Waals surface area contributed by atoms with Crippen molar-refractivity contribution in [3.8, 4) is 11.3 Å². The minimum absolute atomic E-state index is 0.0997. The van der Waals surface area contributed by atoms with Crippen LogP contribution in [0.2, 0.25) is 5.02 Å². The second-order valence-electron chi connectivity index (χ2n) is 10.3. The fourth-order valence-corrected chi connectivity index (χ4v) is 5.58. The predicted molar refractivity (Wildman–Crippen MR) is 148 cm³/mol. The molecule has 2 N–H and O–H groups in total. The monoisotopic (exact) mass is 506 g/mol. The van der Waals surface area contributed by atoms with Crippen molar-refractivity contribution >= 4 is 17.5 Å². The number of rotatable bonds is 10. The fraction of sp³-hybridized carbons (Fsp3) is 0.467. The highest BCUT2D eigenvalue weighted by molar-refractivity contribution is 6.30. The minimum Gasteiger partial charge on any atom is -0.332 e. The van der Waals surface area contributed by atoms with Gasteiger partial charge in [-0.15, -0.1) is 0 Å². The number of benzene rings is 2. The summed E-state index contributed by atoms with van der Waals surface area (Å²) in [6.07, 6.45) is 8.34. The molecule has 0 spiro atoms. The van der Waals surface area contributed by atoms with Gasteiger partial charge in [0.1, 0.15) is 5.82 Å². The number of nitrogens with two attached hydrogens (primary N) is 1. The molecule has 192 valence electrons. The summed E-state index contributed by atoms with van der Waals surface area (Å²) in [7, 11) is 0. The van der Waals surface area contributed by atoms with E-state index in [-0.39, 0.29) is 23.8 Å². The Balaban J connectivity index is 1.78. The molecule has 0 unspecified atom stereocenters. The second kappa shape index (κ2) is 12.6. The van der Waals surface area contributed by atoms with Gasteiger partial charge in [0, 0.05) is 35.8 Å². The number of amides is 1. The number of carbonyl (C=O) groups is 1. The van der Waals surface area contributed by atoms with Crippen LogP contribution in [-0.2, 0) is 11.3 Å². The number of nitrogens with zero attached hydrogens (tertiary/aromatic N) is 3. The Hall–Kier alpha value is -2.63. The molecule has 1 aromatic heterocycles. The van der Waals surface area contributed by atoms with E-state index in [9.17, 15) is 4.79 Å². The van der Waals surface area contributed by atoms with E-state index in [1.54, 1.807) is 0 Å². The molecule has 1 aliphatic rings. The van der Waals surface area contributed by atoms with Crippen LogP contribution in [0.5, 0.6) is 0 Å². The maximum absolute atomic E-state index is 13.9. The lowest BCUT2D eigenvalue weighted by Crippen LogP contribution is -2.43. The van der Waals surface area contributed by atoms with Crippen LogP contribution in [0.3, 0.4) is 0 Å². The molecule has 1 heterocycles. The Labute approximate surface area is 220 Å². The van der Waals surface area contributed by atoms with Crippen molar-refractivity contribution in [1.29, 1.82) is 0 Å². The molecule has 2 aromatic carbocycles. The summed E-state index contributed by atoms with van der Waals surface area (Å²) in [4.78, 5) is 21.2. The Kier molecular flexibility index (Phi) is 9.22. The van der Waals surface area contributed by atoms with E-state index >= 15 is 0 Å². The van der Waals surface area contributed by atoms with Gasteiger partial charge in [0.15, 0.2) is 0 Å². The Morgan fingerprint density at radius 2 is 1.86 bits per heavy atom. The molecule has 1 amide bonds. The first-order chi connectivity index (χ1) is 17.5. The molecule has 4 rings (SSSR count). The molecule has 1 aliphatic carbocycles. The third kappa shape index (κ3) is 6.37. The first kappa shape index (κ1) is 26.4. The highest BCUT2D eigenvalue weighted by Gasteiger charge is 2.35. The molecule has 0 saturated heterocycles. The summed E-state index contributed by atoms with van der Waals surface area (Å²) < 4.78 is 2.22. The lowest BCUT2D eigenvalue weighted by Gasteiger charge is -2.37. The molecule has 0 radical (unpaired) electrons. The predicted octanol–water partition coefficient (Wildman–Crippen LogP) is 6.71. The van der Waals surface area contributed by atoms with E-state index in [4.69, 9.17) is 22.3 Å². The summed E-state index contributed by atoms with van der Waals surface area (Å²) in [5.41, 5.74) is 8.97. The van der Waals surface area contributed by atoms with Crippen molar-refractivity contribution in [2.24, 2.45) is 17.6 Å². The lowest BCUT2D eigenvalue weighted by molar-refractivity contribution is -0.140. The van der Waals surface area contributed by atoms with Crippen LogP contribution >= 0.6 is 11.6 Å². The van der Waals surface area contributed by atoms with E-state index in [1.165, 1.54) is 12.0 Å². The van der Waals surface area contributed by atoms with Crippen LogP contribution < -0.4 is 5.73 Å². The molecule has 1 atom stereocenters. The summed E-state index contributed by atoms with van der Waals surface area (Å²) in [5.74, 6) is 1.48. The zero-order chi connectivity index (χ0) is 25.5. The van der Waals surface area contributed by atoms with Crippen molar-refractivity contribution in [3.63, 3.8) is 0 Å². The van der Waals surface area contributed by atoms with Crippen molar-refractivity contribution < 1.29 is 4.79 Å². The van der Waals surface area contributed by atoms with Crippen molar-refractivity contribution in [2.45, 2.75) is 65.0 Å². The van der Waals surface area contributed by atoms with Crippen LogP contribution in [0.25, 0.3) is 11.3 Å². The number of halogens is 1. The average Bonchev–Trinajstić information content (AvgIpc) is 3.30.